The number of benzene rings is 1. The number of carbonyl (C=O) groups is 1. The molecule has 0 saturated carbocycles. The van der Waals surface area contributed by atoms with E-state index in [0.29, 0.717) is 17.5 Å². The molecule has 94 valence electrons. The van der Waals surface area contributed by atoms with E-state index in [0.717, 1.165) is 0 Å². The van der Waals surface area contributed by atoms with Crippen molar-refractivity contribution in [2.45, 2.75) is 10.4 Å². The number of rotatable bonds is 3. The molecule has 3 nitrogen and oxygen atoms in total. The maximum Gasteiger partial charge on any atom is 0.446 e. The van der Waals surface area contributed by atoms with Crippen LogP contribution in [0.5, 0.6) is 0 Å². The van der Waals surface area contributed by atoms with Crippen LogP contribution in [-0.2, 0) is 0 Å². The number of aldehydes is 1. The minimum atomic E-state index is -4.31. The van der Waals surface area contributed by atoms with Gasteiger partial charge < -0.3 is 4.52 Å². The van der Waals surface area contributed by atoms with Crippen molar-refractivity contribution in [3.05, 3.63) is 36.1 Å². The molecule has 18 heavy (non-hydrogen) atoms. The molecule has 0 aliphatic rings. The van der Waals surface area contributed by atoms with Crippen LogP contribution in [-0.4, -0.2) is 17.0 Å². The highest BCUT2D eigenvalue weighted by Gasteiger charge is 2.29. The fraction of sp³-hybridized carbons (Fsp3) is 0.0909. The van der Waals surface area contributed by atoms with E-state index in [4.69, 9.17) is 0 Å². The highest BCUT2D eigenvalue weighted by Crippen LogP contribution is 2.37. The van der Waals surface area contributed by atoms with Crippen molar-refractivity contribution in [3.63, 3.8) is 0 Å². The second-order valence-electron chi connectivity index (χ2n) is 3.30. The topological polar surface area (TPSA) is 43.1 Å². The smallest absolute Gasteiger partial charge is 0.353 e. The van der Waals surface area contributed by atoms with Gasteiger partial charge in [-0.25, -0.2) is 0 Å². The number of halogens is 3. The molecule has 0 saturated heterocycles. The Morgan fingerprint density at radius 1 is 1.22 bits per heavy atom. The summed E-state index contributed by atoms with van der Waals surface area (Å²) in [7, 11) is 0. The molecule has 1 heterocycles. The summed E-state index contributed by atoms with van der Waals surface area (Å²) in [5, 5.41) is 3.63. The summed E-state index contributed by atoms with van der Waals surface area (Å²) in [6, 6.07) is 7.06. The molecule has 0 aliphatic heterocycles. The van der Waals surface area contributed by atoms with Gasteiger partial charge in [0.15, 0.2) is 12.0 Å². The molecule has 0 aliphatic carbocycles. The molecule has 0 amide bonds. The van der Waals surface area contributed by atoms with E-state index < -0.39 is 5.51 Å². The van der Waals surface area contributed by atoms with Gasteiger partial charge in [0.2, 0.25) is 0 Å². The van der Waals surface area contributed by atoms with Crippen molar-refractivity contribution in [2.24, 2.45) is 0 Å². The quantitative estimate of drug-likeness (QED) is 0.630. The average molecular weight is 273 g/mol. The predicted octanol–water partition coefficient (Wildman–Crippen LogP) is 3.77. The number of carbonyl (C=O) groups excluding carboxylic acids is 1. The Hall–Kier alpha value is -1.76. The van der Waals surface area contributed by atoms with E-state index in [-0.39, 0.29) is 22.4 Å². The van der Waals surface area contributed by atoms with Crippen molar-refractivity contribution < 1.29 is 22.5 Å². The van der Waals surface area contributed by atoms with Gasteiger partial charge in [0.05, 0.1) is 0 Å². The first-order valence-corrected chi connectivity index (χ1v) is 5.58. The molecule has 0 fully saturated rings. The molecule has 2 aromatic rings. The second kappa shape index (κ2) is 4.85. The number of aromatic nitrogens is 1. The second-order valence-corrected chi connectivity index (χ2v) is 4.44. The van der Waals surface area contributed by atoms with Gasteiger partial charge in [-0.2, -0.15) is 13.2 Å². The van der Waals surface area contributed by atoms with Gasteiger partial charge in [0.25, 0.3) is 0 Å². The Balaban J connectivity index is 2.19. The first-order valence-electron chi connectivity index (χ1n) is 4.76. The van der Waals surface area contributed by atoms with E-state index >= 15 is 0 Å². The van der Waals surface area contributed by atoms with Crippen LogP contribution < -0.4 is 0 Å². The van der Waals surface area contributed by atoms with Gasteiger partial charge in [0.1, 0.15) is 5.69 Å². The summed E-state index contributed by atoms with van der Waals surface area (Å²) in [5.74, 6) is 0.0683. The highest BCUT2D eigenvalue weighted by molar-refractivity contribution is 8.00. The summed E-state index contributed by atoms with van der Waals surface area (Å²) in [6.07, 6.45) is 0.504. The van der Waals surface area contributed by atoms with Crippen molar-refractivity contribution >= 4 is 18.0 Å². The lowest BCUT2D eigenvalue weighted by Gasteiger charge is -2.05. The van der Waals surface area contributed by atoms with Crippen LogP contribution in [0.25, 0.3) is 11.3 Å². The van der Waals surface area contributed by atoms with E-state index in [9.17, 15) is 18.0 Å². The van der Waals surface area contributed by atoms with Gasteiger partial charge >= 0.3 is 5.51 Å². The first-order chi connectivity index (χ1) is 8.48. The molecule has 0 atom stereocenters. The monoisotopic (exact) mass is 273 g/mol. The number of hydrogen-bond acceptors (Lipinski definition) is 4. The summed E-state index contributed by atoms with van der Waals surface area (Å²) in [6.45, 7) is 0. The standard InChI is InChI=1S/C11H6F3NO2S/c12-11(13,14)18-9-3-1-7(2-4-9)10-5-8(6-16)17-15-10/h1-6H. The molecule has 0 radical (unpaired) electrons. The predicted molar refractivity (Wildman–Crippen MR) is 59.2 cm³/mol. The van der Waals surface area contributed by atoms with Crippen molar-refractivity contribution in [3.8, 4) is 11.3 Å². The Morgan fingerprint density at radius 2 is 1.89 bits per heavy atom. The third-order valence-corrected chi connectivity index (χ3v) is 2.77. The fourth-order valence-electron chi connectivity index (χ4n) is 1.31. The lowest BCUT2D eigenvalue weighted by Crippen LogP contribution is -1.98. The molecular weight excluding hydrogens is 267 g/mol. The third-order valence-electron chi connectivity index (χ3n) is 2.03. The van der Waals surface area contributed by atoms with Crippen LogP contribution in [0.2, 0.25) is 0 Å². The van der Waals surface area contributed by atoms with Gasteiger partial charge in [-0.15, -0.1) is 0 Å². The van der Waals surface area contributed by atoms with E-state index in [1.807, 2.05) is 0 Å². The molecular formula is C11H6F3NO2S. The van der Waals surface area contributed by atoms with E-state index in [1.165, 1.54) is 30.3 Å². The van der Waals surface area contributed by atoms with Crippen LogP contribution in [0.3, 0.4) is 0 Å². The van der Waals surface area contributed by atoms with Crippen LogP contribution in [0, 0.1) is 0 Å². The minimum absolute atomic E-state index is 0.0683. The Morgan fingerprint density at radius 3 is 2.39 bits per heavy atom. The van der Waals surface area contributed by atoms with Crippen molar-refractivity contribution in [1.29, 1.82) is 0 Å². The lowest BCUT2D eigenvalue weighted by atomic mass is 10.1. The molecule has 1 aromatic carbocycles. The number of nitrogens with zero attached hydrogens (tertiary/aromatic N) is 1. The van der Waals surface area contributed by atoms with Crippen LogP contribution in [0.15, 0.2) is 39.8 Å². The van der Waals surface area contributed by atoms with Crippen molar-refractivity contribution in [1.82, 2.24) is 5.16 Å². The van der Waals surface area contributed by atoms with E-state index in [2.05, 4.69) is 9.68 Å². The molecule has 7 heteroatoms. The normalized spacial score (nSPS) is 11.5. The summed E-state index contributed by atoms with van der Waals surface area (Å²) in [5.41, 5.74) is -3.32. The third kappa shape index (κ3) is 3.13. The number of alkyl halides is 3. The average Bonchev–Trinajstić information content (AvgIpc) is 2.76. The Kier molecular flexibility index (Phi) is 3.42. The van der Waals surface area contributed by atoms with E-state index in [1.54, 1.807) is 0 Å². The van der Waals surface area contributed by atoms with Crippen LogP contribution in [0.4, 0.5) is 13.2 Å². The van der Waals surface area contributed by atoms with Gasteiger partial charge in [-0.1, -0.05) is 17.3 Å². The maximum absolute atomic E-state index is 12.1. The summed E-state index contributed by atoms with van der Waals surface area (Å²) in [4.78, 5) is 10.5. The zero-order valence-electron chi connectivity index (χ0n) is 8.77. The molecule has 0 unspecified atom stereocenters. The zero-order chi connectivity index (χ0) is 13.2. The Bertz CT molecular complexity index is 548. The molecule has 0 N–H and O–H groups in total. The fourth-order valence-corrected chi connectivity index (χ4v) is 1.85. The summed E-state index contributed by atoms with van der Waals surface area (Å²) < 4.78 is 41.0. The van der Waals surface area contributed by atoms with Crippen LogP contribution in [0.1, 0.15) is 10.6 Å². The maximum atomic E-state index is 12.1. The molecule has 0 spiro atoms. The lowest BCUT2D eigenvalue weighted by molar-refractivity contribution is -0.0328. The Labute approximate surface area is 104 Å². The largest absolute Gasteiger partial charge is 0.446 e. The molecule has 2 rings (SSSR count). The van der Waals surface area contributed by atoms with Gasteiger partial charge in [-0.3, -0.25) is 4.79 Å². The highest BCUT2D eigenvalue weighted by atomic mass is 32.2. The van der Waals surface area contributed by atoms with Gasteiger partial charge in [-0.05, 0) is 23.9 Å². The zero-order valence-corrected chi connectivity index (χ0v) is 9.59. The first kappa shape index (κ1) is 12.7. The van der Waals surface area contributed by atoms with Gasteiger partial charge in [0, 0.05) is 16.5 Å². The number of hydrogen-bond donors (Lipinski definition) is 0. The number of thioether (sulfide) groups is 1. The molecule has 0 bridgehead atoms. The van der Waals surface area contributed by atoms with Crippen LogP contribution >= 0.6 is 11.8 Å². The SMILES string of the molecule is O=Cc1cc(-c2ccc(SC(F)(F)F)cc2)no1. The minimum Gasteiger partial charge on any atom is -0.353 e. The van der Waals surface area contributed by atoms with Crippen molar-refractivity contribution in [2.75, 3.05) is 0 Å². The molecule has 1 aromatic heterocycles. The summed E-state index contributed by atoms with van der Waals surface area (Å²) >= 11 is -0.186.